The van der Waals surface area contributed by atoms with Crippen LogP contribution >= 0.6 is 0 Å². The second-order valence-electron chi connectivity index (χ2n) is 8.33. The highest BCUT2D eigenvalue weighted by Gasteiger charge is 2.25. The van der Waals surface area contributed by atoms with Gasteiger partial charge in [0.05, 0.1) is 19.3 Å². The third kappa shape index (κ3) is 7.24. The molecule has 1 aliphatic heterocycles. The Morgan fingerprint density at radius 2 is 1.97 bits per heavy atom. The summed E-state index contributed by atoms with van der Waals surface area (Å²) in [6.45, 7) is 12.2. The van der Waals surface area contributed by atoms with Crippen molar-refractivity contribution in [2.75, 3.05) is 13.2 Å². The quantitative estimate of drug-likeness (QED) is 0.664. The van der Waals surface area contributed by atoms with Crippen molar-refractivity contribution >= 4 is 12.1 Å². The molecule has 0 spiro atoms. The van der Waals surface area contributed by atoms with Crippen molar-refractivity contribution in [2.45, 2.75) is 78.7 Å². The molecule has 1 atom stereocenters. The molecule has 1 N–H and O–H groups in total. The first-order chi connectivity index (χ1) is 13.6. The summed E-state index contributed by atoms with van der Waals surface area (Å²) >= 11 is 0. The summed E-state index contributed by atoms with van der Waals surface area (Å²) in [7, 11) is 0. The number of rotatable bonds is 8. The van der Waals surface area contributed by atoms with E-state index in [0.29, 0.717) is 19.6 Å². The molecule has 1 heterocycles. The second kappa shape index (κ2) is 9.96. The van der Waals surface area contributed by atoms with E-state index in [4.69, 9.17) is 18.9 Å². The van der Waals surface area contributed by atoms with Crippen LogP contribution in [0.2, 0.25) is 0 Å². The molecule has 0 radical (unpaired) electrons. The van der Waals surface area contributed by atoms with Crippen molar-refractivity contribution in [2.24, 2.45) is 0 Å². The first-order valence-electron chi connectivity index (χ1n) is 10.2. The van der Waals surface area contributed by atoms with Crippen LogP contribution in [0, 0.1) is 0 Å². The number of alkyl carbamates (subject to hydrolysis) is 1. The van der Waals surface area contributed by atoms with Crippen LogP contribution in [0.5, 0.6) is 5.75 Å². The Morgan fingerprint density at radius 1 is 1.24 bits per heavy atom. The van der Waals surface area contributed by atoms with Gasteiger partial charge in [-0.05, 0) is 52.7 Å². The van der Waals surface area contributed by atoms with Crippen molar-refractivity contribution in [1.82, 2.24) is 5.32 Å². The van der Waals surface area contributed by atoms with Gasteiger partial charge in [-0.15, -0.1) is 0 Å². The average molecular weight is 408 g/mol. The summed E-state index contributed by atoms with van der Waals surface area (Å²) in [5, 5.41) is 2.78. The molecule has 7 nitrogen and oxygen atoms in total. The van der Waals surface area contributed by atoms with E-state index in [0.717, 1.165) is 28.9 Å². The predicted molar refractivity (Wildman–Crippen MR) is 109 cm³/mol. The molecule has 1 unspecified atom stereocenters. The van der Waals surface area contributed by atoms with Gasteiger partial charge in [-0.1, -0.05) is 12.1 Å². The zero-order valence-corrected chi connectivity index (χ0v) is 18.3. The molecule has 1 aromatic carbocycles. The van der Waals surface area contributed by atoms with Gasteiger partial charge >= 0.3 is 12.1 Å². The minimum absolute atomic E-state index is 0.101. The van der Waals surface area contributed by atoms with E-state index in [2.05, 4.69) is 5.32 Å². The van der Waals surface area contributed by atoms with Gasteiger partial charge in [-0.2, -0.15) is 0 Å². The summed E-state index contributed by atoms with van der Waals surface area (Å²) in [5.74, 6) is 0.425. The fourth-order valence-electron chi connectivity index (χ4n) is 3.16. The smallest absolute Gasteiger partial charge is 0.407 e. The van der Waals surface area contributed by atoms with Crippen molar-refractivity contribution in [3.63, 3.8) is 0 Å². The monoisotopic (exact) mass is 407 g/mol. The third-order valence-electron chi connectivity index (χ3n) is 4.15. The van der Waals surface area contributed by atoms with Crippen LogP contribution in [0.1, 0.15) is 58.2 Å². The van der Waals surface area contributed by atoms with Gasteiger partial charge in [-0.3, -0.25) is 0 Å². The van der Waals surface area contributed by atoms with Crippen LogP contribution in [0.3, 0.4) is 0 Å². The molecule has 2 rings (SSSR count). The number of carbonyl (C=O) groups excluding carboxylic acids is 2. The number of hydrogen-bond donors (Lipinski definition) is 1. The summed E-state index contributed by atoms with van der Waals surface area (Å²) < 4.78 is 22.0. The number of amides is 1. The average Bonchev–Trinajstić information content (AvgIpc) is 3.06. The van der Waals surface area contributed by atoms with E-state index in [1.54, 1.807) is 6.92 Å². The lowest BCUT2D eigenvalue weighted by atomic mass is 9.99. The summed E-state index contributed by atoms with van der Waals surface area (Å²) in [6.07, 6.45) is -0.0822. The largest absolute Gasteiger partial charge is 0.493 e. The Bertz CT molecular complexity index is 723. The number of ether oxygens (including phenoxy) is 4. The topological polar surface area (TPSA) is 83.1 Å². The molecule has 1 aromatic rings. The van der Waals surface area contributed by atoms with Gasteiger partial charge in [0.1, 0.15) is 11.4 Å². The fraction of sp³-hybridized carbons (Fsp3) is 0.636. The molecule has 0 fully saturated rings. The maximum atomic E-state index is 12.3. The SMILES string of the molecule is CCOC(=O)C(Cc1cc2c(c(CNC(=O)OC(C)(C)C)c1)OCC2)OC(C)C. The van der Waals surface area contributed by atoms with E-state index in [-0.39, 0.29) is 18.6 Å². The van der Waals surface area contributed by atoms with Crippen molar-refractivity contribution < 1.29 is 28.5 Å². The van der Waals surface area contributed by atoms with E-state index >= 15 is 0 Å². The lowest BCUT2D eigenvalue weighted by molar-refractivity contribution is -0.159. The van der Waals surface area contributed by atoms with E-state index in [1.165, 1.54) is 0 Å². The Kier molecular flexibility index (Phi) is 7.90. The van der Waals surface area contributed by atoms with Crippen molar-refractivity contribution in [1.29, 1.82) is 0 Å². The fourth-order valence-corrected chi connectivity index (χ4v) is 3.16. The Hall–Kier alpha value is -2.28. The van der Waals surface area contributed by atoms with Crippen LogP contribution in [0.4, 0.5) is 4.79 Å². The summed E-state index contributed by atoms with van der Waals surface area (Å²) in [5.41, 5.74) is 2.29. The highest BCUT2D eigenvalue weighted by molar-refractivity contribution is 5.75. The van der Waals surface area contributed by atoms with Crippen molar-refractivity contribution in [3.8, 4) is 5.75 Å². The number of fused-ring (bicyclic) bond motifs is 1. The van der Waals surface area contributed by atoms with Gasteiger partial charge < -0.3 is 24.3 Å². The molecule has 0 aromatic heterocycles. The Balaban J connectivity index is 2.17. The summed E-state index contributed by atoms with van der Waals surface area (Å²) in [4.78, 5) is 24.3. The molecule has 0 saturated heterocycles. The second-order valence-corrected chi connectivity index (χ2v) is 8.33. The first-order valence-corrected chi connectivity index (χ1v) is 10.2. The molecular formula is C22H33NO6. The van der Waals surface area contributed by atoms with Crippen LogP contribution in [-0.4, -0.2) is 43.1 Å². The number of esters is 1. The van der Waals surface area contributed by atoms with E-state index in [9.17, 15) is 9.59 Å². The Labute approximate surface area is 173 Å². The molecular weight excluding hydrogens is 374 g/mol. The lowest BCUT2D eigenvalue weighted by Crippen LogP contribution is -2.32. The maximum Gasteiger partial charge on any atom is 0.407 e. The molecule has 162 valence electrons. The standard InChI is InChI=1S/C22H33NO6/c1-7-26-20(24)18(28-14(2)3)12-15-10-16-8-9-27-19(16)17(11-15)13-23-21(25)29-22(4,5)6/h10-11,14,18H,7-9,12-13H2,1-6H3,(H,23,25). The van der Waals surface area contributed by atoms with Crippen LogP contribution in [0.25, 0.3) is 0 Å². The number of nitrogens with one attached hydrogen (secondary N) is 1. The maximum absolute atomic E-state index is 12.3. The first kappa shape index (κ1) is 23.0. The predicted octanol–water partition coefficient (Wildman–Crippen LogP) is 3.55. The van der Waals surface area contributed by atoms with Crippen molar-refractivity contribution in [3.05, 3.63) is 28.8 Å². The molecule has 0 aliphatic carbocycles. The zero-order chi connectivity index (χ0) is 21.6. The normalized spacial score (nSPS) is 14.2. The Morgan fingerprint density at radius 3 is 2.59 bits per heavy atom. The van der Waals surface area contributed by atoms with Gasteiger partial charge in [0, 0.05) is 24.9 Å². The third-order valence-corrected chi connectivity index (χ3v) is 4.15. The summed E-state index contributed by atoms with van der Waals surface area (Å²) in [6, 6.07) is 3.98. The zero-order valence-electron chi connectivity index (χ0n) is 18.3. The molecule has 29 heavy (non-hydrogen) atoms. The highest BCUT2D eigenvalue weighted by atomic mass is 16.6. The molecule has 0 bridgehead atoms. The van der Waals surface area contributed by atoms with Gasteiger partial charge in [0.25, 0.3) is 0 Å². The van der Waals surface area contributed by atoms with Crippen LogP contribution < -0.4 is 10.1 Å². The number of benzene rings is 1. The van der Waals surface area contributed by atoms with Gasteiger partial charge in [0.2, 0.25) is 0 Å². The van der Waals surface area contributed by atoms with Crippen LogP contribution in [0.15, 0.2) is 12.1 Å². The molecule has 1 amide bonds. The molecule has 1 aliphatic rings. The minimum atomic E-state index is -0.679. The number of hydrogen-bond acceptors (Lipinski definition) is 6. The molecule has 7 heteroatoms. The number of carbonyl (C=O) groups is 2. The van der Waals surface area contributed by atoms with Gasteiger partial charge in [-0.25, -0.2) is 9.59 Å². The van der Waals surface area contributed by atoms with E-state index < -0.39 is 17.8 Å². The van der Waals surface area contributed by atoms with E-state index in [1.807, 2.05) is 46.8 Å². The van der Waals surface area contributed by atoms with Crippen LogP contribution in [-0.2, 0) is 38.4 Å². The molecule has 0 saturated carbocycles. The lowest BCUT2D eigenvalue weighted by Gasteiger charge is -2.21. The highest BCUT2D eigenvalue weighted by Crippen LogP contribution is 2.32. The minimum Gasteiger partial charge on any atom is -0.493 e. The van der Waals surface area contributed by atoms with Gasteiger partial charge in [0.15, 0.2) is 6.10 Å².